The van der Waals surface area contributed by atoms with E-state index in [1.807, 2.05) is 38.1 Å². The van der Waals surface area contributed by atoms with E-state index < -0.39 is 0 Å². The van der Waals surface area contributed by atoms with Gasteiger partial charge in [-0.05, 0) is 44.2 Å². The van der Waals surface area contributed by atoms with Crippen LogP contribution in [0.2, 0.25) is 10.0 Å². The maximum Gasteiger partial charge on any atom is 0.265 e. The molecule has 0 fully saturated rings. The number of halogens is 2. The number of para-hydroxylation sites is 2. The highest BCUT2D eigenvalue weighted by Crippen LogP contribution is 2.38. The zero-order valence-electron chi connectivity index (χ0n) is 16.4. The highest BCUT2D eigenvalue weighted by molar-refractivity contribution is 6.39. The molecule has 0 radical (unpaired) electrons. The Bertz CT molecular complexity index is 1170. The van der Waals surface area contributed by atoms with E-state index in [2.05, 4.69) is 10.3 Å². The fourth-order valence-corrected chi connectivity index (χ4v) is 4.17. The van der Waals surface area contributed by atoms with E-state index in [9.17, 15) is 9.59 Å². The lowest BCUT2D eigenvalue weighted by atomic mass is 10.1. The molecule has 8 heteroatoms. The molecular formula is C22H19Cl2N3O3. The number of aryl methyl sites for hydroxylation is 1. The number of hydrogen-bond acceptors (Lipinski definition) is 4. The van der Waals surface area contributed by atoms with Gasteiger partial charge in [-0.2, -0.15) is 0 Å². The SMILES string of the molecule is Cc1ccc2c(Cl)cc(Cl)c(OCC(=O)N3c4ccccc4NC(=O)C[C@@H]3C)c2n1. The van der Waals surface area contributed by atoms with Gasteiger partial charge in [0.1, 0.15) is 5.52 Å². The van der Waals surface area contributed by atoms with Crippen LogP contribution < -0.4 is 15.0 Å². The van der Waals surface area contributed by atoms with Crippen LogP contribution in [0.1, 0.15) is 19.0 Å². The first-order valence-electron chi connectivity index (χ1n) is 9.44. The lowest BCUT2D eigenvalue weighted by Crippen LogP contribution is -2.41. The first-order chi connectivity index (χ1) is 14.3. The fourth-order valence-electron chi connectivity index (χ4n) is 3.60. The van der Waals surface area contributed by atoms with Gasteiger partial charge < -0.3 is 15.0 Å². The van der Waals surface area contributed by atoms with Crippen molar-refractivity contribution in [3.8, 4) is 5.75 Å². The highest BCUT2D eigenvalue weighted by atomic mass is 35.5. The molecule has 154 valence electrons. The standard InChI is InChI=1S/C22H19Cl2N3O3/c1-12-7-8-14-15(23)10-16(24)22(21(14)25-12)30-11-20(29)27-13(2)9-19(28)26-17-5-3-4-6-18(17)27/h3-8,10,13H,9,11H2,1-2H3,(H,26,28)/t13-/m0/s1. The number of nitrogens with one attached hydrogen (secondary N) is 1. The number of hydrogen-bond donors (Lipinski definition) is 1. The molecule has 2 heterocycles. The molecule has 1 aliphatic rings. The number of fused-ring (bicyclic) bond motifs is 2. The van der Waals surface area contributed by atoms with Crippen LogP contribution in [0.4, 0.5) is 11.4 Å². The molecule has 0 aliphatic carbocycles. The summed E-state index contributed by atoms with van der Waals surface area (Å²) in [6.45, 7) is 3.41. The lowest BCUT2D eigenvalue weighted by molar-refractivity contribution is -0.121. The Labute approximate surface area is 183 Å². The minimum atomic E-state index is -0.331. The molecular weight excluding hydrogens is 425 g/mol. The number of aromatic nitrogens is 1. The average Bonchev–Trinajstić information content (AvgIpc) is 2.81. The summed E-state index contributed by atoms with van der Waals surface area (Å²) in [5, 5.41) is 4.27. The Morgan fingerprint density at radius 1 is 1.23 bits per heavy atom. The van der Waals surface area contributed by atoms with Crippen molar-refractivity contribution in [2.24, 2.45) is 0 Å². The maximum absolute atomic E-state index is 13.2. The van der Waals surface area contributed by atoms with E-state index >= 15 is 0 Å². The summed E-state index contributed by atoms with van der Waals surface area (Å²) in [6.07, 6.45) is 0.186. The maximum atomic E-state index is 13.2. The van der Waals surface area contributed by atoms with Gasteiger partial charge in [-0.3, -0.25) is 9.59 Å². The molecule has 0 saturated carbocycles. The van der Waals surface area contributed by atoms with E-state index in [-0.39, 0.29) is 35.9 Å². The molecule has 0 unspecified atom stereocenters. The summed E-state index contributed by atoms with van der Waals surface area (Å²) in [5.41, 5.74) is 2.50. The molecule has 0 bridgehead atoms. The zero-order chi connectivity index (χ0) is 21.4. The minimum absolute atomic E-state index is 0.141. The molecule has 1 aliphatic heterocycles. The van der Waals surface area contributed by atoms with Crippen LogP contribution in [-0.4, -0.2) is 29.4 Å². The van der Waals surface area contributed by atoms with Gasteiger partial charge in [0.25, 0.3) is 5.91 Å². The van der Waals surface area contributed by atoms with Gasteiger partial charge >= 0.3 is 0 Å². The Balaban J connectivity index is 1.66. The average molecular weight is 444 g/mol. The van der Waals surface area contributed by atoms with Crippen LogP contribution in [0.3, 0.4) is 0 Å². The number of pyridine rings is 1. The van der Waals surface area contributed by atoms with Crippen LogP contribution >= 0.6 is 23.2 Å². The summed E-state index contributed by atoms with van der Waals surface area (Å²) in [4.78, 5) is 31.4. The predicted molar refractivity (Wildman–Crippen MR) is 119 cm³/mol. The molecule has 2 aromatic carbocycles. The van der Waals surface area contributed by atoms with Crippen molar-refractivity contribution >= 4 is 57.3 Å². The Hall–Kier alpha value is -2.83. The Morgan fingerprint density at radius 2 is 2.00 bits per heavy atom. The van der Waals surface area contributed by atoms with Crippen molar-refractivity contribution in [1.82, 2.24) is 4.98 Å². The number of anilines is 2. The van der Waals surface area contributed by atoms with Crippen LogP contribution in [-0.2, 0) is 9.59 Å². The lowest BCUT2D eigenvalue weighted by Gasteiger charge is -2.28. The summed E-state index contributed by atoms with van der Waals surface area (Å²) in [5.74, 6) is -0.131. The van der Waals surface area contributed by atoms with Crippen LogP contribution in [0.15, 0.2) is 42.5 Å². The summed E-state index contributed by atoms with van der Waals surface area (Å²) in [7, 11) is 0. The third-order valence-electron chi connectivity index (χ3n) is 4.95. The largest absolute Gasteiger partial charge is 0.480 e. The number of carbonyl (C=O) groups is 2. The smallest absolute Gasteiger partial charge is 0.265 e. The Kier molecular flexibility index (Phi) is 5.54. The van der Waals surface area contributed by atoms with Gasteiger partial charge in [0.05, 0.1) is 21.4 Å². The van der Waals surface area contributed by atoms with E-state index in [1.165, 1.54) is 0 Å². The summed E-state index contributed by atoms with van der Waals surface area (Å²) < 4.78 is 5.86. The van der Waals surface area contributed by atoms with E-state index in [0.717, 1.165) is 5.69 Å². The number of ether oxygens (including phenoxy) is 1. The molecule has 30 heavy (non-hydrogen) atoms. The first-order valence-corrected chi connectivity index (χ1v) is 10.2. The molecule has 4 rings (SSSR count). The van der Waals surface area contributed by atoms with Crippen molar-refractivity contribution in [2.75, 3.05) is 16.8 Å². The van der Waals surface area contributed by atoms with Crippen molar-refractivity contribution < 1.29 is 14.3 Å². The van der Waals surface area contributed by atoms with Crippen LogP contribution in [0.5, 0.6) is 5.75 Å². The van der Waals surface area contributed by atoms with Gasteiger partial charge in [0.2, 0.25) is 5.91 Å². The second kappa shape index (κ2) is 8.13. The van der Waals surface area contributed by atoms with Gasteiger partial charge in [-0.15, -0.1) is 0 Å². The molecule has 2 amide bonds. The third-order valence-corrected chi connectivity index (χ3v) is 5.54. The monoisotopic (exact) mass is 443 g/mol. The van der Waals surface area contributed by atoms with Crippen molar-refractivity contribution in [3.63, 3.8) is 0 Å². The summed E-state index contributed by atoms with van der Waals surface area (Å²) in [6, 6.07) is 12.1. The molecule has 0 saturated heterocycles. The van der Waals surface area contributed by atoms with Gasteiger partial charge in [0.15, 0.2) is 12.4 Å². The second-order valence-electron chi connectivity index (χ2n) is 7.19. The summed E-state index contributed by atoms with van der Waals surface area (Å²) >= 11 is 12.6. The normalized spacial score (nSPS) is 16.1. The molecule has 0 spiro atoms. The minimum Gasteiger partial charge on any atom is -0.480 e. The number of carbonyl (C=O) groups excluding carboxylic acids is 2. The van der Waals surface area contributed by atoms with Crippen molar-refractivity contribution in [3.05, 3.63) is 58.2 Å². The highest BCUT2D eigenvalue weighted by Gasteiger charge is 2.30. The van der Waals surface area contributed by atoms with Crippen LogP contribution in [0.25, 0.3) is 10.9 Å². The third kappa shape index (κ3) is 3.80. The van der Waals surface area contributed by atoms with Crippen molar-refractivity contribution in [2.45, 2.75) is 26.3 Å². The topological polar surface area (TPSA) is 71.5 Å². The number of rotatable bonds is 3. The quantitative estimate of drug-likeness (QED) is 0.618. The van der Waals surface area contributed by atoms with E-state index in [1.54, 1.807) is 23.1 Å². The zero-order valence-corrected chi connectivity index (χ0v) is 17.9. The van der Waals surface area contributed by atoms with Gasteiger partial charge in [-0.1, -0.05) is 35.3 Å². The van der Waals surface area contributed by atoms with E-state index in [4.69, 9.17) is 27.9 Å². The fraction of sp³-hybridized carbons (Fsp3) is 0.227. The van der Waals surface area contributed by atoms with Gasteiger partial charge in [-0.25, -0.2) is 4.98 Å². The molecule has 6 nitrogen and oxygen atoms in total. The number of amides is 2. The first kappa shape index (κ1) is 20.4. The van der Waals surface area contributed by atoms with E-state index in [0.29, 0.717) is 33.0 Å². The molecule has 3 aromatic rings. The second-order valence-corrected chi connectivity index (χ2v) is 8.00. The molecule has 1 N–H and O–H groups in total. The van der Waals surface area contributed by atoms with Gasteiger partial charge in [0, 0.05) is 23.5 Å². The van der Waals surface area contributed by atoms with Crippen LogP contribution in [0, 0.1) is 6.92 Å². The Morgan fingerprint density at radius 3 is 2.80 bits per heavy atom. The molecule has 1 atom stereocenters. The molecule has 1 aromatic heterocycles. The number of benzene rings is 2. The predicted octanol–water partition coefficient (Wildman–Crippen LogP) is 4.99. The van der Waals surface area contributed by atoms with Crippen molar-refractivity contribution in [1.29, 1.82) is 0 Å². The number of nitrogens with zero attached hydrogens (tertiary/aromatic N) is 2.